The van der Waals surface area contributed by atoms with Crippen molar-refractivity contribution in [2.75, 3.05) is 26.0 Å². The maximum Gasteiger partial charge on any atom is 0.238 e. The molecule has 0 radical (unpaired) electrons. The van der Waals surface area contributed by atoms with Gasteiger partial charge in [0.25, 0.3) is 0 Å². The van der Waals surface area contributed by atoms with Crippen molar-refractivity contribution in [1.29, 1.82) is 0 Å². The van der Waals surface area contributed by atoms with E-state index in [1.54, 1.807) is 37.1 Å². The van der Waals surface area contributed by atoms with Gasteiger partial charge in [0.1, 0.15) is 5.75 Å². The Kier molecular flexibility index (Phi) is 7.08. The van der Waals surface area contributed by atoms with E-state index < -0.39 is 0 Å². The van der Waals surface area contributed by atoms with Crippen molar-refractivity contribution in [1.82, 2.24) is 10.2 Å². The second kappa shape index (κ2) is 9.06. The smallest absolute Gasteiger partial charge is 0.238 e. The number of hydrogen-bond donors (Lipinski definition) is 2. The van der Waals surface area contributed by atoms with Crippen LogP contribution in [0.4, 0.5) is 5.69 Å². The number of carbonyl (C=O) groups is 2. The molecule has 0 heterocycles. The molecule has 25 heavy (non-hydrogen) atoms. The van der Waals surface area contributed by atoms with E-state index in [0.717, 1.165) is 12.8 Å². The number of rotatable bonds is 7. The molecule has 0 bridgehead atoms. The quantitative estimate of drug-likeness (QED) is 0.777. The highest BCUT2D eigenvalue weighted by molar-refractivity contribution is 6.31. The van der Waals surface area contributed by atoms with Gasteiger partial charge in [-0.1, -0.05) is 24.4 Å². The number of benzene rings is 1. The van der Waals surface area contributed by atoms with Crippen LogP contribution in [0.1, 0.15) is 32.6 Å². The second-order valence-electron chi connectivity index (χ2n) is 6.47. The summed E-state index contributed by atoms with van der Waals surface area (Å²) >= 11 is 5.97. The van der Waals surface area contributed by atoms with Crippen LogP contribution in [0, 0.1) is 0 Å². The largest absolute Gasteiger partial charge is 0.495 e. The van der Waals surface area contributed by atoms with Crippen LogP contribution in [0.3, 0.4) is 0 Å². The molecule has 0 aliphatic heterocycles. The Labute approximate surface area is 153 Å². The summed E-state index contributed by atoms with van der Waals surface area (Å²) < 4.78 is 5.22. The minimum absolute atomic E-state index is 0.0393. The van der Waals surface area contributed by atoms with E-state index in [1.165, 1.54) is 20.0 Å². The fraction of sp³-hybridized carbons (Fsp3) is 0.556. The molecule has 0 spiro atoms. The third kappa shape index (κ3) is 5.61. The maximum absolute atomic E-state index is 12.3. The zero-order valence-electron chi connectivity index (χ0n) is 15.0. The Hall–Kier alpha value is -1.79. The minimum Gasteiger partial charge on any atom is -0.495 e. The number of methoxy groups -OCH3 is 1. The van der Waals surface area contributed by atoms with Gasteiger partial charge in [-0.25, -0.2) is 0 Å². The molecule has 1 aromatic rings. The Morgan fingerprint density at radius 2 is 2.04 bits per heavy atom. The van der Waals surface area contributed by atoms with E-state index in [-0.39, 0.29) is 30.4 Å². The number of ether oxygens (including phenoxy) is 1. The summed E-state index contributed by atoms with van der Waals surface area (Å²) in [6.07, 6.45) is 4.41. The number of likely N-dealkylation sites (N-methyl/N-ethyl adjacent to an activating group) is 1. The molecule has 138 valence electrons. The number of carbonyl (C=O) groups excluding carboxylic acids is 2. The zero-order chi connectivity index (χ0) is 18.4. The molecular weight excluding hydrogens is 342 g/mol. The summed E-state index contributed by atoms with van der Waals surface area (Å²) in [5, 5.41) is 6.34. The number of nitrogens with zero attached hydrogens (tertiary/aromatic N) is 1. The van der Waals surface area contributed by atoms with E-state index in [1.807, 2.05) is 0 Å². The first-order valence-electron chi connectivity index (χ1n) is 8.54. The van der Waals surface area contributed by atoms with Crippen molar-refractivity contribution >= 4 is 29.1 Å². The van der Waals surface area contributed by atoms with Crippen LogP contribution in [0.25, 0.3) is 0 Å². The molecule has 6 nitrogen and oxygen atoms in total. The highest BCUT2D eigenvalue weighted by Crippen LogP contribution is 2.27. The van der Waals surface area contributed by atoms with Gasteiger partial charge in [-0.3, -0.25) is 14.5 Å². The first kappa shape index (κ1) is 19.5. The van der Waals surface area contributed by atoms with E-state index in [9.17, 15) is 9.59 Å². The van der Waals surface area contributed by atoms with Crippen LogP contribution >= 0.6 is 11.6 Å². The number of nitrogens with one attached hydrogen (secondary N) is 2. The van der Waals surface area contributed by atoms with Crippen LogP contribution in [0.5, 0.6) is 5.75 Å². The van der Waals surface area contributed by atoms with Crippen molar-refractivity contribution in [3.05, 3.63) is 23.2 Å². The Balaban J connectivity index is 1.88. The summed E-state index contributed by atoms with van der Waals surface area (Å²) in [6.45, 7) is 1.90. The van der Waals surface area contributed by atoms with Gasteiger partial charge < -0.3 is 15.4 Å². The van der Waals surface area contributed by atoms with Crippen molar-refractivity contribution in [2.24, 2.45) is 0 Å². The molecule has 1 aliphatic carbocycles. The van der Waals surface area contributed by atoms with Crippen LogP contribution in [0.2, 0.25) is 5.02 Å². The van der Waals surface area contributed by atoms with Crippen LogP contribution in [-0.4, -0.2) is 49.5 Å². The van der Waals surface area contributed by atoms with Crippen molar-refractivity contribution in [3.8, 4) is 5.75 Å². The minimum atomic E-state index is -0.382. The number of halogens is 1. The van der Waals surface area contributed by atoms with E-state index in [2.05, 4.69) is 10.6 Å². The lowest BCUT2D eigenvalue weighted by Crippen LogP contribution is -2.48. The molecule has 7 heteroatoms. The lowest BCUT2D eigenvalue weighted by molar-refractivity contribution is -0.127. The number of anilines is 1. The Morgan fingerprint density at radius 3 is 2.68 bits per heavy atom. The van der Waals surface area contributed by atoms with Gasteiger partial charge in [0.2, 0.25) is 11.8 Å². The first-order chi connectivity index (χ1) is 11.9. The second-order valence-corrected chi connectivity index (χ2v) is 6.91. The predicted molar refractivity (Wildman–Crippen MR) is 99.1 cm³/mol. The predicted octanol–water partition coefficient (Wildman–Crippen LogP) is 2.67. The monoisotopic (exact) mass is 367 g/mol. The molecule has 0 saturated heterocycles. The third-order valence-corrected chi connectivity index (χ3v) is 4.81. The topological polar surface area (TPSA) is 70.7 Å². The average molecular weight is 368 g/mol. The highest BCUT2D eigenvalue weighted by Gasteiger charge is 2.24. The molecule has 1 saturated carbocycles. The Bertz CT molecular complexity index is 618. The fourth-order valence-corrected chi connectivity index (χ4v) is 3.10. The van der Waals surface area contributed by atoms with Gasteiger partial charge in [0.05, 0.1) is 25.4 Å². The molecule has 2 rings (SSSR count). The van der Waals surface area contributed by atoms with Crippen molar-refractivity contribution < 1.29 is 14.3 Å². The maximum atomic E-state index is 12.3. The summed E-state index contributed by atoms with van der Waals surface area (Å²) in [5.74, 6) is 0.263. The van der Waals surface area contributed by atoms with E-state index >= 15 is 0 Å². The van der Waals surface area contributed by atoms with Gasteiger partial charge in [-0.05, 0) is 45.0 Å². The standard InChI is InChI=1S/C18H26ClN3O3/c1-12(18(24)20-14-6-4-5-7-14)22(2)11-17(23)21-15-10-13(19)8-9-16(15)25-3/h8-10,12,14H,4-7,11H2,1-3H3,(H,20,24)(H,21,23)/t12-/m1/s1. The summed E-state index contributed by atoms with van der Waals surface area (Å²) in [4.78, 5) is 26.3. The number of amides is 2. The van der Waals surface area contributed by atoms with Crippen LogP contribution in [-0.2, 0) is 9.59 Å². The lowest BCUT2D eigenvalue weighted by atomic mass is 10.2. The van der Waals surface area contributed by atoms with Crippen molar-refractivity contribution in [3.63, 3.8) is 0 Å². The van der Waals surface area contributed by atoms with Crippen molar-refractivity contribution in [2.45, 2.75) is 44.7 Å². The summed E-state index contributed by atoms with van der Waals surface area (Å²) in [7, 11) is 3.29. The molecule has 2 N–H and O–H groups in total. The SMILES string of the molecule is COc1ccc(Cl)cc1NC(=O)CN(C)[C@H](C)C(=O)NC1CCCC1. The summed E-state index contributed by atoms with van der Waals surface area (Å²) in [5.41, 5.74) is 0.511. The van der Waals surface area contributed by atoms with Gasteiger partial charge in [0, 0.05) is 11.1 Å². The molecule has 2 amide bonds. The molecule has 1 atom stereocenters. The summed E-state index contributed by atoms with van der Waals surface area (Å²) in [6, 6.07) is 4.91. The highest BCUT2D eigenvalue weighted by atomic mass is 35.5. The van der Waals surface area contributed by atoms with Gasteiger partial charge in [-0.15, -0.1) is 0 Å². The lowest BCUT2D eigenvalue weighted by Gasteiger charge is -2.25. The molecular formula is C18H26ClN3O3. The van der Waals surface area contributed by atoms with Crippen LogP contribution in [0.15, 0.2) is 18.2 Å². The fourth-order valence-electron chi connectivity index (χ4n) is 2.92. The normalized spacial score (nSPS) is 15.9. The van der Waals surface area contributed by atoms with Crippen LogP contribution < -0.4 is 15.4 Å². The average Bonchev–Trinajstić information content (AvgIpc) is 3.07. The Morgan fingerprint density at radius 1 is 1.36 bits per heavy atom. The molecule has 0 aromatic heterocycles. The molecule has 1 fully saturated rings. The molecule has 1 aliphatic rings. The third-order valence-electron chi connectivity index (χ3n) is 4.57. The van der Waals surface area contributed by atoms with E-state index in [0.29, 0.717) is 16.5 Å². The first-order valence-corrected chi connectivity index (χ1v) is 8.92. The van der Waals surface area contributed by atoms with Gasteiger partial charge >= 0.3 is 0 Å². The van der Waals surface area contributed by atoms with E-state index in [4.69, 9.17) is 16.3 Å². The number of hydrogen-bond acceptors (Lipinski definition) is 4. The molecule has 0 unspecified atom stereocenters. The zero-order valence-corrected chi connectivity index (χ0v) is 15.7. The van der Waals surface area contributed by atoms with Gasteiger partial charge in [-0.2, -0.15) is 0 Å². The van der Waals surface area contributed by atoms with Gasteiger partial charge in [0.15, 0.2) is 0 Å². The molecule has 1 aromatic carbocycles.